The fourth-order valence-corrected chi connectivity index (χ4v) is 1.30. The van der Waals surface area contributed by atoms with Gasteiger partial charge in [-0.2, -0.15) is 0 Å². The highest BCUT2D eigenvalue weighted by Gasteiger charge is 1.97. The number of rotatable bonds is 7. The Morgan fingerprint density at radius 1 is 0.833 bits per heavy atom. The van der Waals surface area contributed by atoms with E-state index in [-0.39, 0.29) is 0 Å². The number of hydrogen-bond donors (Lipinski definition) is 0. The Hall–Kier alpha value is -0.0800. The van der Waals surface area contributed by atoms with E-state index < -0.39 is 0 Å². The van der Waals surface area contributed by atoms with Gasteiger partial charge in [-0.15, -0.1) is 0 Å². The molecule has 2 nitrogen and oxygen atoms in total. The molecule has 0 saturated heterocycles. The molecular formula is C10H24N2. The molecule has 0 spiro atoms. The molecule has 0 aliphatic rings. The van der Waals surface area contributed by atoms with E-state index in [2.05, 4.69) is 37.7 Å². The molecule has 74 valence electrons. The Bertz CT molecular complexity index is 87.8. The highest BCUT2D eigenvalue weighted by atomic mass is 15.1. The lowest BCUT2D eigenvalue weighted by Gasteiger charge is -2.18. The van der Waals surface area contributed by atoms with E-state index in [9.17, 15) is 0 Å². The Balaban J connectivity index is 3.17. The van der Waals surface area contributed by atoms with Gasteiger partial charge in [0.25, 0.3) is 0 Å². The molecule has 0 aromatic heterocycles. The van der Waals surface area contributed by atoms with Crippen molar-refractivity contribution in [1.29, 1.82) is 0 Å². The zero-order chi connectivity index (χ0) is 9.40. The van der Waals surface area contributed by atoms with Gasteiger partial charge in [-0.1, -0.05) is 13.8 Å². The van der Waals surface area contributed by atoms with Gasteiger partial charge in [0.2, 0.25) is 0 Å². The summed E-state index contributed by atoms with van der Waals surface area (Å²) in [4.78, 5) is 4.73. The molecule has 0 aliphatic carbocycles. The smallest absolute Gasteiger partial charge is 0.00185 e. The SMILES string of the molecule is CCN(CC)CCCCN(C)C. The molecule has 0 aromatic carbocycles. The van der Waals surface area contributed by atoms with Crippen molar-refractivity contribution in [2.24, 2.45) is 0 Å². The molecule has 0 bridgehead atoms. The average Bonchev–Trinajstić information content (AvgIpc) is 2.04. The fraction of sp³-hybridized carbons (Fsp3) is 1.00. The molecule has 0 radical (unpaired) electrons. The summed E-state index contributed by atoms with van der Waals surface area (Å²) in [6.07, 6.45) is 2.66. The summed E-state index contributed by atoms with van der Waals surface area (Å²) < 4.78 is 0. The van der Waals surface area contributed by atoms with Gasteiger partial charge < -0.3 is 9.80 Å². The molecule has 12 heavy (non-hydrogen) atoms. The van der Waals surface area contributed by atoms with E-state index in [0.29, 0.717) is 0 Å². The Labute approximate surface area is 77.5 Å². The number of hydrogen-bond acceptors (Lipinski definition) is 2. The minimum Gasteiger partial charge on any atom is -0.309 e. The van der Waals surface area contributed by atoms with E-state index in [1.165, 1.54) is 39.0 Å². The molecular weight excluding hydrogens is 148 g/mol. The summed E-state index contributed by atoms with van der Waals surface area (Å²) in [5.41, 5.74) is 0. The summed E-state index contributed by atoms with van der Waals surface area (Å²) in [6.45, 7) is 9.34. The summed E-state index contributed by atoms with van der Waals surface area (Å²) in [5, 5.41) is 0. The fourth-order valence-electron chi connectivity index (χ4n) is 1.30. The standard InChI is InChI=1S/C10H24N2/c1-5-12(6-2)10-8-7-9-11(3)4/h5-10H2,1-4H3. The molecule has 0 saturated carbocycles. The van der Waals surface area contributed by atoms with Gasteiger partial charge >= 0.3 is 0 Å². The van der Waals surface area contributed by atoms with Gasteiger partial charge in [-0.3, -0.25) is 0 Å². The lowest BCUT2D eigenvalue weighted by molar-refractivity contribution is 0.287. The average molecular weight is 172 g/mol. The van der Waals surface area contributed by atoms with Crippen molar-refractivity contribution < 1.29 is 0 Å². The third kappa shape index (κ3) is 6.62. The Morgan fingerprint density at radius 2 is 1.33 bits per heavy atom. The molecule has 0 atom stereocenters. The number of nitrogens with zero attached hydrogens (tertiary/aromatic N) is 2. The van der Waals surface area contributed by atoms with Gasteiger partial charge in [0.05, 0.1) is 0 Å². The summed E-state index contributed by atoms with van der Waals surface area (Å²) in [6, 6.07) is 0. The van der Waals surface area contributed by atoms with Crippen LogP contribution in [-0.4, -0.2) is 50.1 Å². The van der Waals surface area contributed by atoms with Gasteiger partial charge in [0, 0.05) is 0 Å². The van der Waals surface area contributed by atoms with Crippen LogP contribution in [0.5, 0.6) is 0 Å². The van der Waals surface area contributed by atoms with Crippen LogP contribution in [0.4, 0.5) is 0 Å². The van der Waals surface area contributed by atoms with Crippen LogP contribution in [0.1, 0.15) is 26.7 Å². The summed E-state index contributed by atoms with van der Waals surface area (Å²) >= 11 is 0. The highest BCUT2D eigenvalue weighted by molar-refractivity contribution is 4.53. The molecule has 0 aliphatic heterocycles. The Morgan fingerprint density at radius 3 is 1.75 bits per heavy atom. The molecule has 2 heteroatoms. The molecule has 0 fully saturated rings. The van der Waals surface area contributed by atoms with Crippen molar-refractivity contribution in [3.05, 3.63) is 0 Å². The molecule has 0 amide bonds. The van der Waals surface area contributed by atoms with Crippen molar-refractivity contribution in [2.45, 2.75) is 26.7 Å². The van der Waals surface area contributed by atoms with Crippen LogP contribution in [-0.2, 0) is 0 Å². The minimum absolute atomic E-state index is 1.19. The highest BCUT2D eigenvalue weighted by Crippen LogP contribution is 1.95. The van der Waals surface area contributed by atoms with Crippen LogP contribution in [0.25, 0.3) is 0 Å². The van der Waals surface area contributed by atoms with Crippen molar-refractivity contribution in [3.63, 3.8) is 0 Å². The maximum absolute atomic E-state index is 2.48. The van der Waals surface area contributed by atoms with Crippen molar-refractivity contribution in [2.75, 3.05) is 40.3 Å². The van der Waals surface area contributed by atoms with Crippen molar-refractivity contribution in [1.82, 2.24) is 9.80 Å². The van der Waals surface area contributed by atoms with Gasteiger partial charge in [0.1, 0.15) is 0 Å². The van der Waals surface area contributed by atoms with Crippen LogP contribution < -0.4 is 0 Å². The zero-order valence-electron chi connectivity index (χ0n) is 9.14. The summed E-state index contributed by atoms with van der Waals surface area (Å²) in [7, 11) is 4.27. The molecule has 0 heterocycles. The zero-order valence-corrected chi connectivity index (χ0v) is 9.14. The van der Waals surface area contributed by atoms with Crippen LogP contribution in [0.15, 0.2) is 0 Å². The lowest BCUT2D eigenvalue weighted by atomic mass is 10.3. The molecule has 0 unspecified atom stereocenters. The first-order valence-electron chi connectivity index (χ1n) is 5.07. The first kappa shape index (κ1) is 11.9. The lowest BCUT2D eigenvalue weighted by Crippen LogP contribution is -2.24. The van der Waals surface area contributed by atoms with E-state index in [1.807, 2.05) is 0 Å². The van der Waals surface area contributed by atoms with E-state index >= 15 is 0 Å². The number of unbranched alkanes of at least 4 members (excludes halogenated alkanes) is 1. The maximum atomic E-state index is 2.48. The van der Waals surface area contributed by atoms with Crippen molar-refractivity contribution in [3.8, 4) is 0 Å². The normalized spacial score (nSPS) is 11.5. The quantitative estimate of drug-likeness (QED) is 0.539. The molecule has 0 aromatic rings. The maximum Gasteiger partial charge on any atom is -0.00185 e. The monoisotopic (exact) mass is 172 g/mol. The van der Waals surface area contributed by atoms with Gasteiger partial charge in [0.15, 0.2) is 0 Å². The van der Waals surface area contributed by atoms with Gasteiger partial charge in [-0.05, 0) is 53.1 Å². The molecule has 0 rings (SSSR count). The van der Waals surface area contributed by atoms with Crippen LogP contribution in [0.2, 0.25) is 0 Å². The largest absolute Gasteiger partial charge is 0.309 e. The summed E-state index contributed by atoms with van der Waals surface area (Å²) in [5.74, 6) is 0. The van der Waals surface area contributed by atoms with Crippen molar-refractivity contribution >= 4 is 0 Å². The first-order valence-corrected chi connectivity index (χ1v) is 5.07. The van der Waals surface area contributed by atoms with E-state index in [0.717, 1.165) is 0 Å². The van der Waals surface area contributed by atoms with E-state index in [1.54, 1.807) is 0 Å². The van der Waals surface area contributed by atoms with Crippen LogP contribution in [0.3, 0.4) is 0 Å². The topological polar surface area (TPSA) is 6.48 Å². The van der Waals surface area contributed by atoms with Gasteiger partial charge in [-0.25, -0.2) is 0 Å². The second-order valence-electron chi connectivity index (χ2n) is 3.54. The first-order chi connectivity index (χ1) is 5.70. The van der Waals surface area contributed by atoms with Crippen LogP contribution >= 0.6 is 0 Å². The molecule has 0 N–H and O–H groups in total. The predicted molar refractivity (Wildman–Crippen MR) is 55.6 cm³/mol. The second-order valence-corrected chi connectivity index (χ2v) is 3.54. The van der Waals surface area contributed by atoms with Crippen LogP contribution in [0, 0.1) is 0 Å². The predicted octanol–water partition coefficient (Wildman–Crippen LogP) is 1.67. The Kier molecular flexibility index (Phi) is 7.51. The minimum atomic E-state index is 1.19. The second kappa shape index (κ2) is 7.56. The third-order valence-electron chi connectivity index (χ3n) is 2.22. The third-order valence-corrected chi connectivity index (χ3v) is 2.22. The van der Waals surface area contributed by atoms with E-state index in [4.69, 9.17) is 0 Å².